The van der Waals surface area contributed by atoms with E-state index in [-0.39, 0.29) is 24.3 Å². The fourth-order valence-electron chi connectivity index (χ4n) is 2.89. The van der Waals surface area contributed by atoms with Crippen molar-refractivity contribution in [2.75, 3.05) is 11.9 Å². The van der Waals surface area contributed by atoms with Gasteiger partial charge in [0.2, 0.25) is 5.91 Å². The lowest BCUT2D eigenvalue weighted by Gasteiger charge is -2.18. The Bertz CT molecular complexity index is 918. The van der Waals surface area contributed by atoms with Crippen LogP contribution in [0.15, 0.2) is 66.0 Å². The van der Waals surface area contributed by atoms with Crippen LogP contribution in [0.3, 0.4) is 0 Å². The number of carbonyl (C=O) groups is 2. The molecule has 1 atom stereocenters. The molecule has 2 aromatic carbocycles. The van der Waals surface area contributed by atoms with E-state index in [2.05, 4.69) is 47.9 Å². The number of carbonyl (C=O) groups excluding carboxylic acids is 2. The Morgan fingerprint density at radius 2 is 1.74 bits per heavy atom. The highest BCUT2D eigenvalue weighted by Gasteiger charge is 2.17. The van der Waals surface area contributed by atoms with Gasteiger partial charge in [-0.05, 0) is 43.0 Å². The summed E-state index contributed by atoms with van der Waals surface area (Å²) >= 11 is 1.65. The summed E-state index contributed by atoms with van der Waals surface area (Å²) in [5.41, 5.74) is 3.36. The van der Waals surface area contributed by atoms with Gasteiger partial charge >= 0.3 is 0 Å². The minimum absolute atomic E-state index is 0.0561. The number of ketones is 1. The molecule has 1 aromatic heterocycles. The van der Waals surface area contributed by atoms with Crippen LogP contribution in [-0.2, 0) is 4.79 Å². The summed E-state index contributed by atoms with van der Waals surface area (Å²) in [6.07, 6.45) is 0. The molecule has 0 aliphatic carbocycles. The fraction of sp³-hybridized carbons (Fsp3) is 0.182. The zero-order valence-electron chi connectivity index (χ0n) is 15.4. The SMILES string of the molecule is CC(=O)c1ccccc1NC(=O)CN[C@@H](c1ccc(C)cc1)c1cccs1. The lowest BCUT2D eigenvalue weighted by atomic mass is 10.0. The van der Waals surface area contributed by atoms with Gasteiger partial charge in [0, 0.05) is 10.4 Å². The number of hydrogen-bond acceptors (Lipinski definition) is 4. The highest BCUT2D eigenvalue weighted by molar-refractivity contribution is 7.10. The van der Waals surface area contributed by atoms with Crippen molar-refractivity contribution in [2.45, 2.75) is 19.9 Å². The van der Waals surface area contributed by atoms with Crippen LogP contribution in [0.25, 0.3) is 0 Å². The molecule has 0 aliphatic rings. The maximum atomic E-state index is 12.5. The Morgan fingerprint density at radius 3 is 2.41 bits per heavy atom. The molecule has 1 heterocycles. The van der Waals surface area contributed by atoms with Gasteiger partial charge in [-0.1, -0.05) is 48.0 Å². The third kappa shape index (κ3) is 4.90. The number of anilines is 1. The van der Waals surface area contributed by atoms with Gasteiger partial charge in [-0.25, -0.2) is 0 Å². The molecular formula is C22H22N2O2S. The summed E-state index contributed by atoms with van der Waals surface area (Å²) < 4.78 is 0. The Balaban J connectivity index is 1.71. The monoisotopic (exact) mass is 378 g/mol. The summed E-state index contributed by atoms with van der Waals surface area (Å²) in [5.74, 6) is -0.257. The van der Waals surface area contributed by atoms with Gasteiger partial charge in [-0.2, -0.15) is 0 Å². The van der Waals surface area contributed by atoms with Crippen LogP contribution >= 0.6 is 11.3 Å². The molecule has 27 heavy (non-hydrogen) atoms. The summed E-state index contributed by atoms with van der Waals surface area (Å²) in [4.78, 5) is 25.3. The predicted octanol–water partition coefficient (Wildman–Crippen LogP) is 4.58. The maximum Gasteiger partial charge on any atom is 0.238 e. The lowest BCUT2D eigenvalue weighted by Crippen LogP contribution is -2.31. The third-order valence-electron chi connectivity index (χ3n) is 4.29. The van der Waals surface area contributed by atoms with Gasteiger partial charge < -0.3 is 5.32 Å². The van der Waals surface area contributed by atoms with Crippen molar-refractivity contribution in [1.29, 1.82) is 0 Å². The average molecular weight is 378 g/mol. The molecule has 0 radical (unpaired) electrons. The van der Waals surface area contributed by atoms with Crippen LogP contribution < -0.4 is 10.6 Å². The van der Waals surface area contributed by atoms with Gasteiger partial charge in [-0.15, -0.1) is 11.3 Å². The highest BCUT2D eigenvalue weighted by Crippen LogP contribution is 2.26. The van der Waals surface area contributed by atoms with Gasteiger partial charge in [0.1, 0.15) is 0 Å². The maximum absolute atomic E-state index is 12.5. The number of para-hydroxylation sites is 1. The first-order valence-electron chi connectivity index (χ1n) is 8.78. The van der Waals surface area contributed by atoms with Gasteiger partial charge in [-0.3, -0.25) is 14.9 Å². The molecule has 0 fully saturated rings. The quantitative estimate of drug-likeness (QED) is 0.592. The van der Waals surface area contributed by atoms with E-state index in [0.717, 1.165) is 10.4 Å². The first-order valence-corrected chi connectivity index (χ1v) is 9.65. The molecule has 4 nitrogen and oxygen atoms in total. The number of thiophene rings is 1. The molecule has 3 rings (SSSR count). The van der Waals surface area contributed by atoms with Crippen LogP contribution in [0.4, 0.5) is 5.69 Å². The van der Waals surface area contributed by atoms with Crippen molar-refractivity contribution in [3.05, 3.63) is 87.6 Å². The van der Waals surface area contributed by atoms with Crippen LogP contribution in [0.2, 0.25) is 0 Å². The molecule has 0 aliphatic heterocycles. The smallest absolute Gasteiger partial charge is 0.238 e. The van der Waals surface area contributed by atoms with Crippen molar-refractivity contribution >= 4 is 28.7 Å². The molecule has 2 N–H and O–H groups in total. The topological polar surface area (TPSA) is 58.2 Å². The molecule has 0 bridgehead atoms. The summed E-state index contributed by atoms with van der Waals surface area (Å²) in [5, 5.41) is 8.20. The molecule has 3 aromatic rings. The Hall–Kier alpha value is -2.76. The van der Waals surface area contributed by atoms with Crippen LogP contribution in [0, 0.1) is 6.92 Å². The van der Waals surface area contributed by atoms with E-state index in [1.807, 2.05) is 11.4 Å². The van der Waals surface area contributed by atoms with Crippen molar-refractivity contribution in [1.82, 2.24) is 5.32 Å². The Kier molecular flexibility index (Phi) is 6.16. The first kappa shape index (κ1) is 19.0. The van der Waals surface area contributed by atoms with Crippen molar-refractivity contribution in [3.8, 4) is 0 Å². The second kappa shape index (κ2) is 8.75. The van der Waals surface area contributed by atoms with Crippen LogP contribution in [-0.4, -0.2) is 18.2 Å². The zero-order chi connectivity index (χ0) is 19.2. The highest BCUT2D eigenvalue weighted by atomic mass is 32.1. The molecule has 5 heteroatoms. The van der Waals surface area contributed by atoms with E-state index in [9.17, 15) is 9.59 Å². The number of hydrogen-bond donors (Lipinski definition) is 2. The standard InChI is InChI=1S/C22H22N2O2S/c1-15-9-11-17(12-10-15)22(20-8-5-13-27-20)23-14-21(26)24-19-7-4-3-6-18(19)16(2)25/h3-13,22-23H,14H2,1-2H3,(H,24,26)/t22-/m0/s1. The average Bonchev–Trinajstić information content (AvgIpc) is 3.18. The molecule has 1 amide bonds. The fourth-order valence-corrected chi connectivity index (χ4v) is 3.71. The molecule has 138 valence electrons. The summed E-state index contributed by atoms with van der Waals surface area (Å²) in [6, 6.07) is 19.4. The third-order valence-corrected chi connectivity index (χ3v) is 5.22. The molecule has 0 unspecified atom stereocenters. The van der Waals surface area contributed by atoms with Crippen molar-refractivity contribution in [3.63, 3.8) is 0 Å². The van der Waals surface area contributed by atoms with E-state index in [1.165, 1.54) is 12.5 Å². The van der Waals surface area contributed by atoms with E-state index in [1.54, 1.807) is 35.6 Å². The predicted molar refractivity (Wildman–Crippen MR) is 110 cm³/mol. The molecule has 0 saturated carbocycles. The van der Waals surface area contributed by atoms with Crippen LogP contribution in [0.1, 0.15) is 39.3 Å². The second-order valence-corrected chi connectivity index (χ2v) is 7.37. The normalized spacial score (nSPS) is 11.8. The number of amides is 1. The van der Waals surface area contributed by atoms with Gasteiger partial charge in [0.15, 0.2) is 5.78 Å². The van der Waals surface area contributed by atoms with Gasteiger partial charge in [0.25, 0.3) is 0 Å². The number of nitrogens with one attached hydrogen (secondary N) is 2. The number of aryl methyl sites for hydroxylation is 1. The number of benzene rings is 2. The van der Waals surface area contributed by atoms with E-state index >= 15 is 0 Å². The second-order valence-electron chi connectivity index (χ2n) is 6.39. The van der Waals surface area contributed by atoms with Crippen LogP contribution in [0.5, 0.6) is 0 Å². The van der Waals surface area contributed by atoms with Crippen molar-refractivity contribution in [2.24, 2.45) is 0 Å². The first-order chi connectivity index (χ1) is 13.0. The summed E-state index contributed by atoms with van der Waals surface area (Å²) in [7, 11) is 0. The van der Waals surface area contributed by atoms with Crippen molar-refractivity contribution < 1.29 is 9.59 Å². The number of rotatable bonds is 7. The minimum atomic E-state index is -0.183. The largest absolute Gasteiger partial charge is 0.324 e. The molecular weight excluding hydrogens is 356 g/mol. The summed E-state index contributed by atoms with van der Waals surface area (Å²) in [6.45, 7) is 3.69. The molecule has 0 spiro atoms. The van der Waals surface area contributed by atoms with E-state index < -0.39 is 0 Å². The lowest BCUT2D eigenvalue weighted by molar-refractivity contribution is -0.115. The Labute approximate surface area is 163 Å². The number of Topliss-reactive ketones (excluding diaryl/α,β-unsaturated/α-hetero) is 1. The zero-order valence-corrected chi connectivity index (χ0v) is 16.2. The Morgan fingerprint density at radius 1 is 1.00 bits per heavy atom. The molecule has 0 saturated heterocycles. The van der Waals surface area contributed by atoms with E-state index in [0.29, 0.717) is 11.3 Å². The minimum Gasteiger partial charge on any atom is -0.324 e. The van der Waals surface area contributed by atoms with Gasteiger partial charge in [0.05, 0.1) is 18.3 Å². The van der Waals surface area contributed by atoms with E-state index in [4.69, 9.17) is 0 Å².